The number of aromatic amines is 1. The van der Waals surface area contributed by atoms with Crippen molar-refractivity contribution in [3.05, 3.63) is 48.0 Å². The Labute approximate surface area is 212 Å². The van der Waals surface area contributed by atoms with Gasteiger partial charge in [-0.2, -0.15) is 11.8 Å². The van der Waals surface area contributed by atoms with Gasteiger partial charge in [-0.05, 0) is 43.0 Å². The number of aliphatic carboxylic acids is 1. The molecule has 8 N–H and O–H groups in total. The Hall–Kier alpha value is -3.58. The van der Waals surface area contributed by atoms with E-state index in [1.165, 1.54) is 43.3 Å². The van der Waals surface area contributed by atoms with Gasteiger partial charge in [-0.25, -0.2) is 9.78 Å². The van der Waals surface area contributed by atoms with Gasteiger partial charge >= 0.3 is 5.97 Å². The number of carbonyl (C=O) groups excluding carboxylic acids is 3. The second-order valence-electron chi connectivity index (χ2n) is 8.24. The van der Waals surface area contributed by atoms with E-state index in [9.17, 15) is 29.4 Å². The van der Waals surface area contributed by atoms with Crippen molar-refractivity contribution in [2.45, 2.75) is 50.4 Å². The first-order chi connectivity index (χ1) is 17.1. The van der Waals surface area contributed by atoms with Gasteiger partial charge in [0, 0.05) is 24.7 Å². The molecular weight excluding hydrogens is 488 g/mol. The van der Waals surface area contributed by atoms with E-state index in [-0.39, 0.29) is 25.0 Å². The molecule has 0 aliphatic rings. The number of benzene rings is 1. The Morgan fingerprint density at radius 3 is 2.17 bits per heavy atom. The molecule has 0 aliphatic heterocycles. The van der Waals surface area contributed by atoms with Crippen LogP contribution in [0.15, 0.2) is 36.8 Å². The molecule has 36 heavy (non-hydrogen) atoms. The van der Waals surface area contributed by atoms with Gasteiger partial charge < -0.3 is 36.9 Å². The minimum absolute atomic E-state index is 0.0157. The minimum Gasteiger partial charge on any atom is -0.508 e. The van der Waals surface area contributed by atoms with Crippen molar-refractivity contribution in [1.82, 2.24) is 25.9 Å². The third-order valence-electron chi connectivity index (χ3n) is 5.26. The number of aromatic hydroxyl groups is 1. The lowest BCUT2D eigenvalue weighted by Gasteiger charge is -2.25. The number of nitrogens with two attached hydrogens (primary N) is 1. The zero-order chi connectivity index (χ0) is 26.7. The van der Waals surface area contributed by atoms with Gasteiger partial charge in [0.25, 0.3) is 0 Å². The van der Waals surface area contributed by atoms with E-state index in [0.29, 0.717) is 17.0 Å². The number of hydrogen-bond donors (Lipinski definition) is 7. The fourth-order valence-electron chi connectivity index (χ4n) is 3.25. The number of carboxylic acids is 1. The van der Waals surface area contributed by atoms with Crippen molar-refractivity contribution in [2.75, 3.05) is 12.0 Å². The molecule has 1 aromatic heterocycles. The number of phenolic OH excluding ortho intramolecular Hbond substituents is 1. The first kappa shape index (κ1) is 28.7. The molecular formula is C23H32N6O6S. The Balaban J connectivity index is 2.17. The van der Waals surface area contributed by atoms with Crippen molar-refractivity contribution in [3.8, 4) is 5.75 Å². The van der Waals surface area contributed by atoms with Crippen LogP contribution in [0.4, 0.5) is 0 Å². The summed E-state index contributed by atoms with van der Waals surface area (Å²) in [7, 11) is 0. The van der Waals surface area contributed by atoms with E-state index in [1.807, 2.05) is 6.26 Å². The molecule has 4 atom stereocenters. The Kier molecular flexibility index (Phi) is 11.2. The molecule has 12 nitrogen and oxygen atoms in total. The number of thioether (sulfide) groups is 1. The molecule has 0 saturated heterocycles. The van der Waals surface area contributed by atoms with E-state index < -0.39 is 47.9 Å². The number of phenols is 1. The maximum Gasteiger partial charge on any atom is 0.326 e. The van der Waals surface area contributed by atoms with Crippen LogP contribution in [-0.4, -0.2) is 80.0 Å². The normalized spacial score (nSPS) is 14.2. The van der Waals surface area contributed by atoms with Crippen LogP contribution in [0.1, 0.15) is 24.6 Å². The van der Waals surface area contributed by atoms with Gasteiger partial charge in [0.05, 0.1) is 12.4 Å². The highest BCUT2D eigenvalue weighted by molar-refractivity contribution is 7.98. The van der Waals surface area contributed by atoms with Gasteiger partial charge in [0.15, 0.2) is 0 Å². The van der Waals surface area contributed by atoms with Crippen molar-refractivity contribution in [3.63, 3.8) is 0 Å². The largest absolute Gasteiger partial charge is 0.508 e. The summed E-state index contributed by atoms with van der Waals surface area (Å²) in [6.07, 6.45) is 5.01. The maximum atomic E-state index is 13.2. The summed E-state index contributed by atoms with van der Waals surface area (Å²) in [5.41, 5.74) is 6.83. The predicted octanol–water partition coefficient (Wildman–Crippen LogP) is -0.460. The molecule has 0 radical (unpaired) electrons. The van der Waals surface area contributed by atoms with Crippen molar-refractivity contribution < 1.29 is 29.4 Å². The third kappa shape index (κ3) is 9.23. The van der Waals surface area contributed by atoms with Crippen molar-refractivity contribution >= 4 is 35.5 Å². The summed E-state index contributed by atoms with van der Waals surface area (Å²) in [5.74, 6) is -2.50. The standard InChI is InChI=1S/C23H32N6O6S/c1-13(24)20(31)28-18(9-14-3-5-16(30)6-4-14)22(33)27-17(7-8-36-2)21(32)29-19(23(34)35)10-15-11-25-12-26-15/h3-6,11-13,17-19,30H,7-10,24H2,1-2H3,(H,25,26)(H,27,33)(H,28,31)(H,29,32)(H,34,35). The molecule has 0 fully saturated rings. The summed E-state index contributed by atoms with van der Waals surface area (Å²) in [6.45, 7) is 1.48. The number of nitrogens with zero attached hydrogens (tertiary/aromatic N) is 1. The average molecular weight is 521 g/mol. The fraction of sp³-hybridized carbons (Fsp3) is 0.435. The minimum atomic E-state index is -1.24. The molecule has 0 saturated carbocycles. The van der Waals surface area contributed by atoms with E-state index in [0.717, 1.165) is 0 Å². The van der Waals surface area contributed by atoms with E-state index in [2.05, 4.69) is 25.9 Å². The molecule has 196 valence electrons. The molecule has 0 spiro atoms. The average Bonchev–Trinajstić information content (AvgIpc) is 3.35. The van der Waals surface area contributed by atoms with Crippen LogP contribution in [0.25, 0.3) is 0 Å². The second-order valence-corrected chi connectivity index (χ2v) is 9.23. The van der Waals surface area contributed by atoms with Crippen LogP contribution in [-0.2, 0) is 32.0 Å². The van der Waals surface area contributed by atoms with Gasteiger partial charge in [0.2, 0.25) is 17.7 Å². The number of carbonyl (C=O) groups is 4. The fourth-order valence-corrected chi connectivity index (χ4v) is 3.72. The molecule has 2 rings (SSSR count). The Morgan fingerprint density at radius 1 is 1.00 bits per heavy atom. The molecule has 1 heterocycles. The van der Waals surface area contributed by atoms with Crippen LogP contribution in [0.5, 0.6) is 5.75 Å². The lowest BCUT2D eigenvalue weighted by Crippen LogP contribution is -2.57. The number of rotatable bonds is 14. The molecule has 0 bridgehead atoms. The van der Waals surface area contributed by atoms with E-state index in [1.54, 1.807) is 12.1 Å². The van der Waals surface area contributed by atoms with Crippen LogP contribution in [0.2, 0.25) is 0 Å². The molecule has 1 aromatic carbocycles. The zero-order valence-corrected chi connectivity index (χ0v) is 20.9. The molecule has 2 aromatic rings. The quantitative estimate of drug-likeness (QED) is 0.172. The highest BCUT2D eigenvalue weighted by Gasteiger charge is 2.30. The first-order valence-corrected chi connectivity index (χ1v) is 12.6. The molecule has 13 heteroatoms. The van der Waals surface area contributed by atoms with E-state index in [4.69, 9.17) is 5.73 Å². The van der Waals surface area contributed by atoms with Crippen molar-refractivity contribution in [1.29, 1.82) is 0 Å². The van der Waals surface area contributed by atoms with Gasteiger partial charge in [-0.3, -0.25) is 14.4 Å². The number of amides is 3. The van der Waals surface area contributed by atoms with Crippen LogP contribution < -0.4 is 21.7 Å². The van der Waals surface area contributed by atoms with Gasteiger partial charge in [-0.15, -0.1) is 0 Å². The third-order valence-corrected chi connectivity index (χ3v) is 5.90. The number of aromatic nitrogens is 2. The number of H-pyrrole nitrogens is 1. The van der Waals surface area contributed by atoms with Crippen molar-refractivity contribution in [2.24, 2.45) is 5.73 Å². The SMILES string of the molecule is CSCCC(NC(=O)C(Cc1ccc(O)cc1)NC(=O)C(C)N)C(=O)NC(Cc1cnc[nH]1)C(=O)O. The maximum absolute atomic E-state index is 13.2. The smallest absolute Gasteiger partial charge is 0.326 e. The summed E-state index contributed by atoms with van der Waals surface area (Å²) in [6, 6.07) is 1.93. The summed E-state index contributed by atoms with van der Waals surface area (Å²) in [5, 5.41) is 26.8. The summed E-state index contributed by atoms with van der Waals surface area (Å²) in [4.78, 5) is 56.8. The highest BCUT2D eigenvalue weighted by atomic mass is 32.2. The lowest BCUT2D eigenvalue weighted by atomic mass is 10.0. The Morgan fingerprint density at radius 2 is 1.61 bits per heavy atom. The molecule has 4 unspecified atom stereocenters. The lowest BCUT2D eigenvalue weighted by molar-refractivity contribution is -0.142. The number of nitrogens with one attached hydrogen (secondary N) is 4. The van der Waals surface area contributed by atoms with Crippen LogP contribution in [0.3, 0.4) is 0 Å². The van der Waals surface area contributed by atoms with Crippen LogP contribution in [0, 0.1) is 0 Å². The highest BCUT2D eigenvalue weighted by Crippen LogP contribution is 2.12. The molecule has 0 aliphatic carbocycles. The predicted molar refractivity (Wildman–Crippen MR) is 134 cm³/mol. The first-order valence-electron chi connectivity index (χ1n) is 11.2. The number of imidazole rings is 1. The van der Waals surface area contributed by atoms with E-state index >= 15 is 0 Å². The monoisotopic (exact) mass is 520 g/mol. The topological polar surface area (TPSA) is 200 Å². The number of carboxylic acid groups (broad SMARTS) is 1. The van der Waals surface area contributed by atoms with Crippen LogP contribution >= 0.6 is 11.8 Å². The summed E-state index contributed by atoms with van der Waals surface area (Å²) < 4.78 is 0. The second kappa shape index (κ2) is 14.1. The molecule has 3 amide bonds. The Bertz CT molecular complexity index is 1010. The summed E-state index contributed by atoms with van der Waals surface area (Å²) >= 11 is 1.46. The van der Waals surface area contributed by atoms with Gasteiger partial charge in [-0.1, -0.05) is 12.1 Å². The number of hydrogen-bond acceptors (Lipinski definition) is 8. The zero-order valence-electron chi connectivity index (χ0n) is 20.1. The van der Waals surface area contributed by atoms with Gasteiger partial charge in [0.1, 0.15) is 23.9 Å².